The Morgan fingerprint density at radius 2 is 1.90 bits per heavy atom. The first kappa shape index (κ1) is 17.7. The quantitative estimate of drug-likeness (QED) is 0.774. The molecule has 0 aliphatic rings. The Labute approximate surface area is 128 Å². The molecule has 2 unspecified atom stereocenters. The average molecular weight is 291 g/mol. The lowest BCUT2D eigenvalue weighted by molar-refractivity contribution is -0.119. The molecule has 1 rings (SSSR count). The van der Waals surface area contributed by atoms with Gasteiger partial charge in [0.15, 0.2) is 0 Å². The van der Waals surface area contributed by atoms with Crippen molar-refractivity contribution in [2.75, 3.05) is 19.4 Å². The summed E-state index contributed by atoms with van der Waals surface area (Å²) in [4.78, 5) is 14.4. The molecule has 0 bridgehead atoms. The second kappa shape index (κ2) is 8.80. The highest BCUT2D eigenvalue weighted by Gasteiger charge is 2.14. The van der Waals surface area contributed by atoms with Crippen LogP contribution < -0.4 is 11.1 Å². The minimum atomic E-state index is 0.0103. The van der Waals surface area contributed by atoms with Crippen LogP contribution in [0.1, 0.15) is 38.7 Å². The molecule has 4 heteroatoms. The highest BCUT2D eigenvalue weighted by Crippen LogP contribution is 2.18. The van der Waals surface area contributed by atoms with Gasteiger partial charge in [-0.25, -0.2) is 0 Å². The topological polar surface area (TPSA) is 58.4 Å². The average Bonchev–Trinajstić information content (AvgIpc) is 2.39. The Morgan fingerprint density at radius 3 is 2.52 bits per heavy atom. The predicted octanol–water partition coefficient (Wildman–Crippen LogP) is 2.84. The number of amides is 1. The summed E-state index contributed by atoms with van der Waals surface area (Å²) in [7, 11) is 4.05. The lowest BCUT2D eigenvalue weighted by atomic mass is 10.0. The third-order valence-corrected chi connectivity index (χ3v) is 3.51. The SMILES string of the molecule is CC(N)CCCC(C)C(=O)Nc1ccccc1CN(C)C. The van der Waals surface area contributed by atoms with Gasteiger partial charge in [0.1, 0.15) is 0 Å². The van der Waals surface area contributed by atoms with Crippen LogP contribution in [0.25, 0.3) is 0 Å². The van der Waals surface area contributed by atoms with Crippen LogP contribution >= 0.6 is 0 Å². The largest absolute Gasteiger partial charge is 0.328 e. The molecule has 118 valence electrons. The van der Waals surface area contributed by atoms with Crippen molar-refractivity contribution in [1.82, 2.24) is 4.90 Å². The number of hydrogen-bond donors (Lipinski definition) is 2. The number of carbonyl (C=O) groups excluding carboxylic acids is 1. The molecule has 2 atom stereocenters. The third-order valence-electron chi connectivity index (χ3n) is 3.51. The molecular weight excluding hydrogens is 262 g/mol. The normalized spacial score (nSPS) is 14.0. The molecule has 21 heavy (non-hydrogen) atoms. The van der Waals surface area contributed by atoms with E-state index in [9.17, 15) is 4.79 Å². The zero-order valence-corrected chi connectivity index (χ0v) is 13.7. The Hall–Kier alpha value is -1.39. The number of para-hydroxylation sites is 1. The fraction of sp³-hybridized carbons (Fsp3) is 0.588. The van der Waals surface area contributed by atoms with Gasteiger partial charge in [0.2, 0.25) is 5.91 Å². The van der Waals surface area contributed by atoms with E-state index in [2.05, 4.69) is 16.3 Å². The van der Waals surface area contributed by atoms with Crippen molar-refractivity contribution in [2.24, 2.45) is 11.7 Å². The van der Waals surface area contributed by atoms with Gasteiger partial charge in [-0.1, -0.05) is 31.5 Å². The maximum atomic E-state index is 12.3. The summed E-state index contributed by atoms with van der Waals surface area (Å²) in [6.45, 7) is 4.79. The van der Waals surface area contributed by atoms with E-state index in [0.717, 1.165) is 37.1 Å². The molecule has 0 heterocycles. The number of hydrogen-bond acceptors (Lipinski definition) is 3. The van der Waals surface area contributed by atoms with Crippen LogP contribution in [0.2, 0.25) is 0 Å². The van der Waals surface area contributed by atoms with Crippen LogP contribution in [-0.2, 0) is 11.3 Å². The maximum Gasteiger partial charge on any atom is 0.227 e. The second-order valence-electron chi connectivity index (χ2n) is 6.19. The van der Waals surface area contributed by atoms with Gasteiger partial charge < -0.3 is 16.0 Å². The Bertz CT molecular complexity index is 443. The van der Waals surface area contributed by atoms with Crippen molar-refractivity contribution in [3.63, 3.8) is 0 Å². The molecule has 1 aromatic carbocycles. The number of carbonyl (C=O) groups is 1. The van der Waals surface area contributed by atoms with E-state index in [1.165, 1.54) is 0 Å². The summed E-state index contributed by atoms with van der Waals surface area (Å²) in [5.41, 5.74) is 7.79. The Balaban J connectivity index is 2.57. The molecule has 0 spiro atoms. The lowest BCUT2D eigenvalue weighted by Crippen LogP contribution is -2.23. The minimum Gasteiger partial charge on any atom is -0.328 e. The molecule has 0 aromatic heterocycles. The number of anilines is 1. The molecule has 3 N–H and O–H groups in total. The van der Waals surface area contributed by atoms with Gasteiger partial charge >= 0.3 is 0 Å². The first-order chi connectivity index (χ1) is 9.90. The number of nitrogens with one attached hydrogen (secondary N) is 1. The lowest BCUT2D eigenvalue weighted by Gasteiger charge is -2.17. The summed E-state index contributed by atoms with van der Waals surface area (Å²) in [6.07, 6.45) is 2.84. The summed E-state index contributed by atoms with van der Waals surface area (Å²) in [5.74, 6) is 0.0991. The van der Waals surface area contributed by atoms with Crippen molar-refractivity contribution in [3.05, 3.63) is 29.8 Å². The zero-order chi connectivity index (χ0) is 15.8. The summed E-state index contributed by atoms with van der Waals surface area (Å²) in [5, 5.41) is 3.06. The van der Waals surface area contributed by atoms with Gasteiger partial charge in [-0.3, -0.25) is 4.79 Å². The van der Waals surface area contributed by atoms with Crippen LogP contribution in [0, 0.1) is 5.92 Å². The summed E-state index contributed by atoms with van der Waals surface area (Å²) >= 11 is 0. The van der Waals surface area contributed by atoms with Gasteiger partial charge in [0.25, 0.3) is 0 Å². The molecule has 0 saturated heterocycles. The maximum absolute atomic E-state index is 12.3. The smallest absolute Gasteiger partial charge is 0.227 e. The van der Waals surface area contributed by atoms with Crippen molar-refractivity contribution in [2.45, 2.75) is 45.7 Å². The van der Waals surface area contributed by atoms with E-state index in [1.54, 1.807) is 0 Å². The summed E-state index contributed by atoms with van der Waals surface area (Å²) in [6, 6.07) is 8.18. The molecular formula is C17H29N3O. The van der Waals surface area contributed by atoms with E-state index in [0.29, 0.717) is 0 Å². The second-order valence-corrected chi connectivity index (χ2v) is 6.19. The standard InChI is InChI=1S/C17H29N3O/c1-13(8-7-9-14(2)18)17(21)19-16-11-6-5-10-15(16)12-20(3)4/h5-6,10-11,13-14H,7-9,12,18H2,1-4H3,(H,19,21). The third kappa shape index (κ3) is 6.74. The van der Waals surface area contributed by atoms with E-state index in [-0.39, 0.29) is 17.9 Å². The van der Waals surface area contributed by atoms with Gasteiger partial charge in [-0.05, 0) is 45.5 Å². The van der Waals surface area contributed by atoms with Crippen molar-refractivity contribution in [1.29, 1.82) is 0 Å². The van der Waals surface area contributed by atoms with Gasteiger partial charge in [0, 0.05) is 24.2 Å². The number of nitrogens with zero attached hydrogens (tertiary/aromatic N) is 1. The molecule has 4 nitrogen and oxygen atoms in total. The molecule has 0 saturated carbocycles. The van der Waals surface area contributed by atoms with Crippen molar-refractivity contribution in [3.8, 4) is 0 Å². The molecule has 0 aliphatic heterocycles. The molecule has 0 fully saturated rings. The van der Waals surface area contributed by atoms with Crippen molar-refractivity contribution >= 4 is 11.6 Å². The summed E-state index contributed by atoms with van der Waals surface area (Å²) < 4.78 is 0. The fourth-order valence-corrected chi connectivity index (χ4v) is 2.25. The number of benzene rings is 1. The van der Waals surface area contributed by atoms with Gasteiger partial charge in [-0.15, -0.1) is 0 Å². The molecule has 0 radical (unpaired) electrons. The van der Waals surface area contributed by atoms with Crippen LogP contribution in [0.5, 0.6) is 0 Å². The minimum absolute atomic E-state index is 0.0103. The van der Waals surface area contributed by atoms with E-state index in [1.807, 2.05) is 46.1 Å². The highest BCUT2D eigenvalue weighted by atomic mass is 16.1. The fourth-order valence-electron chi connectivity index (χ4n) is 2.25. The van der Waals surface area contributed by atoms with Crippen LogP contribution in [0.15, 0.2) is 24.3 Å². The molecule has 0 aliphatic carbocycles. The molecule has 1 amide bonds. The first-order valence-electron chi connectivity index (χ1n) is 7.69. The van der Waals surface area contributed by atoms with Crippen LogP contribution in [-0.4, -0.2) is 30.9 Å². The Morgan fingerprint density at radius 1 is 1.24 bits per heavy atom. The highest BCUT2D eigenvalue weighted by molar-refractivity contribution is 5.93. The zero-order valence-electron chi connectivity index (χ0n) is 13.7. The van der Waals surface area contributed by atoms with Crippen molar-refractivity contribution < 1.29 is 4.79 Å². The van der Waals surface area contributed by atoms with Crippen LogP contribution in [0.4, 0.5) is 5.69 Å². The van der Waals surface area contributed by atoms with E-state index >= 15 is 0 Å². The molecule has 1 aromatic rings. The Kier molecular flexibility index (Phi) is 7.40. The monoisotopic (exact) mass is 291 g/mol. The van der Waals surface area contributed by atoms with Gasteiger partial charge in [-0.2, -0.15) is 0 Å². The number of rotatable bonds is 8. The first-order valence-corrected chi connectivity index (χ1v) is 7.69. The van der Waals surface area contributed by atoms with Gasteiger partial charge in [0.05, 0.1) is 0 Å². The number of nitrogens with two attached hydrogens (primary N) is 1. The van der Waals surface area contributed by atoms with Crippen LogP contribution in [0.3, 0.4) is 0 Å². The van der Waals surface area contributed by atoms with E-state index in [4.69, 9.17) is 5.73 Å². The predicted molar refractivity (Wildman–Crippen MR) is 89.1 cm³/mol. The van der Waals surface area contributed by atoms with E-state index < -0.39 is 0 Å².